The van der Waals surface area contributed by atoms with E-state index in [4.69, 9.17) is 4.74 Å². The van der Waals surface area contributed by atoms with Crippen LogP contribution < -0.4 is 15.5 Å². The maximum Gasteiger partial charge on any atom is 0.329 e. The summed E-state index contributed by atoms with van der Waals surface area (Å²) in [6.45, 7) is 0. The number of hydrogen-bond donors (Lipinski definition) is 2. The number of benzene rings is 1. The lowest BCUT2D eigenvalue weighted by Gasteiger charge is -1.99. The lowest BCUT2D eigenvalue weighted by atomic mass is 10.2. The highest BCUT2D eigenvalue weighted by Crippen LogP contribution is 2.09. The summed E-state index contributed by atoms with van der Waals surface area (Å²) in [7, 11) is 2.95. The number of amides is 2. The molecule has 0 saturated carbocycles. The van der Waals surface area contributed by atoms with Crippen molar-refractivity contribution < 1.29 is 14.3 Å². The van der Waals surface area contributed by atoms with Gasteiger partial charge in [-0.2, -0.15) is 5.10 Å². The molecule has 0 unspecified atom stereocenters. The van der Waals surface area contributed by atoms with Crippen LogP contribution in [0.3, 0.4) is 0 Å². The molecule has 2 N–H and O–H groups in total. The third-order valence-electron chi connectivity index (χ3n) is 1.93. The predicted octanol–water partition coefficient (Wildman–Crippen LogP) is -0.109. The highest BCUT2D eigenvalue weighted by Gasteiger charge is 2.08. The van der Waals surface area contributed by atoms with Gasteiger partial charge >= 0.3 is 11.8 Å². The Morgan fingerprint density at radius 1 is 1.24 bits per heavy atom. The Bertz CT molecular complexity index is 426. The molecule has 17 heavy (non-hydrogen) atoms. The van der Waals surface area contributed by atoms with Crippen molar-refractivity contribution in [3.8, 4) is 5.75 Å². The number of hydrazone groups is 1. The van der Waals surface area contributed by atoms with E-state index in [-0.39, 0.29) is 0 Å². The Morgan fingerprint density at radius 2 is 1.88 bits per heavy atom. The van der Waals surface area contributed by atoms with Gasteiger partial charge in [-0.3, -0.25) is 9.59 Å². The predicted molar refractivity (Wildman–Crippen MR) is 62.8 cm³/mol. The molecule has 90 valence electrons. The molecule has 0 bridgehead atoms. The fraction of sp³-hybridized carbons (Fsp3) is 0.182. The van der Waals surface area contributed by atoms with Crippen LogP contribution in [0.25, 0.3) is 0 Å². The SMILES string of the molecule is CNC(=O)C(=O)N/N=C/c1ccc(OC)cc1. The van der Waals surface area contributed by atoms with Crippen molar-refractivity contribution in [1.82, 2.24) is 10.7 Å². The Balaban J connectivity index is 2.53. The second-order valence-corrected chi connectivity index (χ2v) is 3.05. The van der Waals surface area contributed by atoms with E-state index in [0.29, 0.717) is 0 Å². The van der Waals surface area contributed by atoms with Crippen LogP contribution in [-0.2, 0) is 9.59 Å². The van der Waals surface area contributed by atoms with E-state index in [2.05, 4.69) is 15.8 Å². The Labute approximate surface area is 98.7 Å². The fourth-order valence-electron chi connectivity index (χ4n) is 1.02. The summed E-state index contributed by atoms with van der Waals surface area (Å²) in [5.41, 5.74) is 2.88. The topological polar surface area (TPSA) is 79.8 Å². The maximum atomic E-state index is 11.0. The van der Waals surface area contributed by atoms with Crippen LogP contribution in [0.2, 0.25) is 0 Å². The molecule has 6 nitrogen and oxygen atoms in total. The standard InChI is InChI=1S/C11H13N3O3/c1-12-10(15)11(16)14-13-7-8-3-5-9(17-2)6-4-8/h3-7H,1-2H3,(H,12,15)(H,14,16)/b13-7+. The summed E-state index contributed by atoms with van der Waals surface area (Å²) in [5.74, 6) is -0.814. The summed E-state index contributed by atoms with van der Waals surface area (Å²) in [4.78, 5) is 21.8. The molecule has 0 aliphatic heterocycles. The molecular formula is C11H13N3O3. The molecule has 0 aliphatic carbocycles. The monoisotopic (exact) mass is 235 g/mol. The molecule has 0 saturated heterocycles. The van der Waals surface area contributed by atoms with Crippen molar-refractivity contribution in [3.05, 3.63) is 29.8 Å². The number of carbonyl (C=O) groups is 2. The van der Waals surface area contributed by atoms with Crippen LogP contribution in [0, 0.1) is 0 Å². The lowest BCUT2D eigenvalue weighted by Crippen LogP contribution is -2.35. The molecule has 2 amide bonds. The van der Waals surface area contributed by atoms with Gasteiger partial charge in [0.15, 0.2) is 0 Å². The molecule has 0 aromatic heterocycles. The highest BCUT2D eigenvalue weighted by atomic mass is 16.5. The van der Waals surface area contributed by atoms with Gasteiger partial charge in [-0.1, -0.05) is 0 Å². The number of nitrogens with one attached hydrogen (secondary N) is 2. The number of nitrogens with zero attached hydrogens (tertiary/aromatic N) is 1. The minimum atomic E-state index is -0.808. The van der Waals surface area contributed by atoms with Crippen LogP contribution in [0.4, 0.5) is 0 Å². The van der Waals surface area contributed by atoms with Gasteiger partial charge in [0, 0.05) is 7.05 Å². The fourth-order valence-corrected chi connectivity index (χ4v) is 1.02. The van der Waals surface area contributed by atoms with E-state index in [1.807, 2.05) is 0 Å². The first-order valence-corrected chi connectivity index (χ1v) is 4.86. The van der Waals surface area contributed by atoms with Crippen molar-refractivity contribution in [2.45, 2.75) is 0 Å². The van der Waals surface area contributed by atoms with Crippen molar-refractivity contribution in [2.75, 3.05) is 14.2 Å². The number of hydrogen-bond acceptors (Lipinski definition) is 4. The van der Waals surface area contributed by atoms with Crippen LogP contribution in [-0.4, -0.2) is 32.2 Å². The normalized spacial score (nSPS) is 10.0. The molecule has 0 fully saturated rings. The minimum Gasteiger partial charge on any atom is -0.497 e. The first-order chi connectivity index (χ1) is 8.17. The van der Waals surface area contributed by atoms with Crippen LogP contribution in [0.15, 0.2) is 29.4 Å². The molecule has 0 atom stereocenters. The van der Waals surface area contributed by atoms with Crippen molar-refractivity contribution in [1.29, 1.82) is 0 Å². The van der Waals surface area contributed by atoms with Gasteiger partial charge in [0.1, 0.15) is 5.75 Å². The second-order valence-electron chi connectivity index (χ2n) is 3.05. The van der Waals surface area contributed by atoms with Gasteiger partial charge in [-0.15, -0.1) is 0 Å². The van der Waals surface area contributed by atoms with E-state index < -0.39 is 11.8 Å². The smallest absolute Gasteiger partial charge is 0.329 e. The minimum absolute atomic E-state index is 0.733. The molecule has 0 spiro atoms. The zero-order valence-corrected chi connectivity index (χ0v) is 9.56. The van der Waals surface area contributed by atoms with E-state index in [1.54, 1.807) is 31.4 Å². The van der Waals surface area contributed by atoms with Crippen LogP contribution in [0.1, 0.15) is 5.56 Å². The molecule has 0 aliphatic rings. The molecular weight excluding hydrogens is 222 g/mol. The average Bonchev–Trinajstić information content (AvgIpc) is 2.38. The van der Waals surface area contributed by atoms with Gasteiger partial charge in [-0.25, -0.2) is 5.43 Å². The molecule has 0 radical (unpaired) electrons. The first kappa shape index (κ1) is 12.7. The van der Waals surface area contributed by atoms with Crippen LogP contribution >= 0.6 is 0 Å². The van der Waals surface area contributed by atoms with Gasteiger partial charge in [0.2, 0.25) is 0 Å². The Kier molecular flexibility index (Phi) is 4.68. The number of rotatable bonds is 3. The summed E-state index contributed by atoms with van der Waals surface area (Å²) in [5, 5.41) is 5.83. The third kappa shape index (κ3) is 3.94. The summed E-state index contributed by atoms with van der Waals surface area (Å²) < 4.78 is 4.99. The van der Waals surface area contributed by atoms with Crippen molar-refractivity contribution in [2.24, 2.45) is 5.10 Å². The summed E-state index contributed by atoms with van der Waals surface area (Å²) >= 11 is 0. The first-order valence-electron chi connectivity index (χ1n) is 4.86. The summed E-state index contributed by atoms with van der Waals surface area (Å²) in [6.07, 6.45) is 1.43. The number of methoxy groups -OCH3 is 1. The van der Waals surface area contributed by atoms with Gasteiger partial charge in [0.05, 0.1) is 13.3 Å². The van der Waals surface area contributed by atoms with E-state index in [9.17, 15) is 9.59 Å². The largest absolute Gasteiger partial charge is 0.497 e. The average molecular weight is 235 g/mol. The van der Waals surface area contributed by atoms with Gasteiger partial charge < -0.3 is 10.1 Å². The zero-order valence-electron chi connectivity index (χ0n) is 9.56. The molecule has 1 rings (SSSR count). The maximum absolute atomic E-state index is 11.0. The Morgan fingerprint density at radius 3 is 2.41 bits per heavy atom. The van der Waals surface area contributed by atoms with Gasteiger partial charge in [-0.05, 0) is 29.8 Å². The number of carbonyl (C=O) groups excluding carboxylic acids is 2. The van der Waals surface area contributed by atoms with E-state index in [0.717, 1.165) is 11.3 Å². The third-order valence-corrected chi connectivity index (χ3v) is 1.93. The molecule has 6 heteroatoms. The highest BCUT2D eigenvalue weighted by molar-refractivity contribution is 6.34. The zero-order chi connectivity index (χ0) is 12.7. The molecule has 1 aromatic rings. The Hall–Kier alpha value is -2.37. The number of ether oxygens (including phenoxy) is 1. The second kappa shape index (κ2) is 6.26. The van der Waals surface area contributed by atoms with Crippen LogP contribution in [0.5, 0.6) is 5.75 Å². The van der Waals surface area contributed by atoms with Gasteiger partial charge in [0.25, 0.3) is 0 Å². The quantitative estimate of drug-likeness (QED) is 0.436. The summed E-state index contributed by atoms with van der Waals surface area (Å²) in [6, 6.07) is 7.08. The molecule has 0 heterocycles. The number of likely N-dealkylation sites (N-methyl/N-ethyl adjacent to an activating group) is 1. The van der Waals surface area contributed by atoms with E-state index >= 15 is 0 Å². The van der Waals surface area contributed by atoms with E-state index in [1.165, 1.54) is 13.3 Å². The molecule has 1 aromatic carbocycles. The van der Waals surface area contributed by atoms with Crippen molar-refractivity contribution >= 4 is 18.0 Å². The lowest BCUT2D eigenvalue weighted by molar-refractivity contribution is -0.138. The van der Waals surface area contributed by atoms with Crippen molar-refractivity contribution in [3.63, 3.8) is 0 Å².